The Morgan fingerprint density at radius 3 is 2.46 bits per heavy atom. The molecule has 1 fully saturated rings. The summed E-state index contributed by atoms with van der Waals surface area (Å²) in [6.07, 6.45) is 4.89. The predicted molar refractivity (Wildman–Crippen MR) is 105 cm³/mol. The molecule has 0 spiro atoms. The van der Waals surface area contributed by atoms with E-state index in [1.165, 1.54) is 0 Å². The Kier molecular flexibility index (Phi) is 6.52. The Labute approximate surface area is 164 Å². The van der Waals surface area contributed by atoms with Gasteiger partial charge in [0.1, 0.15) is 11.6 Å². The van der Waals surface area contributed by atoms with Crippen molar-refractivity contribution >= 4 is 11.9 Å². The number of urea groups is 1. The van der Waals surface area contributed by atoms with Crippen molar-refractivity contribution in [3.63, 3.8) is 0 Å². The molecule has 0 atom stereocenters. The van der Waals surface area contributed by atoms with Crippen LogP contribution >= 0.6 is 0 Å². The summed E-state index contributed by atoms with van der Waals surface area (Å²) >= 11 is 0. The van der Waals surface area contributed by atoms with E-state index in [9.17, 15) is 9.59 Å². The van der Waals surface area contributed by atoms with Crippen molar-refractivity contribution in [2.45, 2.75) is 25.9 Å². The fourth-order valence-electron chi connectivity index (χ4n) is 3.25. The van der Waals surface area contributed by atoms with E-state index >= 15 is 0 Å². The standard InChI is InChI=1S/C20H27N5O3/c1-24-12-9-21-18(24)14-23-20(27)25-10-7-16(8-11-25)19(26)22-13-15-3-5-17(28-2)6-4-15/h3-6,9,12,16H,7-8,10-11,13-14H2,1-2H3,(H,22,26)(H,23,27). The van der Waals surface area contributed by atoms with Crippen molar-refractivity contribution in [2.75, 3.05) is 20.2 Å². The lowest BCUT2D eigenvalue weighted by molar-refractivity contribution is -0.126. The molecule has 1 aromatic heterocycles. The summed E-state index contributed by atoms with van der Waals surface area (Å²) in [6.45, 7) is 2.04. The van der Waals surface area contributed by atoms with Crippen LogP contribution in [-0.2, 0) is 24.9 Å². The zero-order valence-corrected chi connectivity index (χ0v) is 16.4. The molecule has 8 nitrogen and oxygen atoms in total. The number of methoxy groups -OCH3 is 1. The van der Waals surface area contributed by atoms with Crippen molar-refractivity contribution in [3.05, 3.63) is 48.0 Å². The molecule has 2 N–H and O–H groups in total. The molecular formula is C20H27N5O3. The van der Waals surface area contributed by atoms with Gasteiger partial charge >= 0.3 is 6.03 Å². The molecule has 0 aliphatic carbocycles. The summed E-state index contributed by atoms with van der Waals surface area (Å²) < 4.78 is 7.01. The molecule has 2 heterocycles. The zero-order chi connectivity index (χ0) is 19.9. The second-order valence-corrected chi connectivity index (χ2v) is 6.94. The van der Waals surface area contributed by atoms with Crippen LogP contribution in [0.15, 0.2) is 36.7 Å². The number of carbonyl (C=O) groups is 2. The van der Waals surface area contributed by atoms with E-state index in [0.717, 1.165) is 17.1 Å². The first kappa shape index (κ1) is 19.7. The van der Waals surface area contributed by atoms with Crippen LogP contribution in [-0.4, -0.2) is 46.6 Å². The quantitative estimate of drug-likeness (QED) is 0.792. The van der Waals surface area contributed by atoms with Gasteiger partial charge in [0.05, 0.1) is 13.7 Å². The Hall–Kier alpha value is -3.03. The maximum absolute atomic E-state index is 12.4. The number of ether oxygens (including phenoxy) is 1. The molecule has 150 valence electrons. The van der Waals surface area contributed by atoms with Crippen molar-refractivity contribution in [3.8, 4) is 5.75 Å². The summed E-state index contributed by atoms with van der Waals surface area (Å²) in [5, 5.41) is 5.88. The average molecular weight is 385 g/mol. The molecule has 8 heteroatoms. The number of nitrogens with one attached hydrogen (secondary N) is 2. The number of carbonyl (C=O) groups excluding carboxylic acids is 2. The van der Waals surface area contributed by atoms with Crippen molar-refractivity contribution in [1.82, 2.24) is 25.1 Å². The molecule has 0 unspecified atom stereocenters. The van der Waals surface area contributed by atoms with Crippen LogP contribution in [0, 0.1) is 5.92 Å². The van der Waals surface area contributed by atoms with Crippen LogP contribution in [0.2, 0.25) is 0 Å². The Morgan fingerprint density at radius 2 is 1.86 bits per heavy atom. The third-order valence-corrected chi connectivity index (χ3v) is 5.10. The number of likely N-dealkylation sites (tertiary alicyclic amines) is 1. The summed E-state index contributed by atoms with van der Waals surface area (Å²) in [4.78, 5) is 30.7. The predicted octanol–water partition coefficient (Wildman–Crippen LogP) is 1.67. The first-order valence-corrected chi connectivity index (χ1v) is 9.46. The number of aromatic nitrogens is 2. The highest BCUT2D eigenvalue weighted by Crippen LogP contribution is 2.18. The van der Waals surface area contributed by atoms with Gasteiger partial charge in [0, 0.05) is 45.0 Å². The van der Waals surface area contributed by atoms with Crippen molar-refractivity contribution < 1.29 is 14.3 Å². The molecule has 1 saturated heterocycles. The first-order valence-electron chi connectivity index (χ1n) is 9.46. The molecule has 0 bridgehead atoms. The van der Waals surface area contributed by atoms with E-state index in [1.54, 1.807) is 18.2 Å². The van der Waals surface area contributed by atoms with Crippen molar-refractivity contribution in [2.24, 2.45) is 13.0 Å². The second-order valence-electron chi connectivity index (χ2n) is 6.94. The zero-order valence-electron chi connectivity index (χ0n) is 16.4. The number of amides is 3. The Morgan fingerprint density at radius 1 is 1.14 bits per heavy atom. The van der Waals surface area contributed by atoms with Gasteiger partial charge in [-0.2, -0.15) is 0 Å². The molecule has 3 rings (SSSR count). The van der Waals surface area contributed by atoms with Gasteiger partial charge in [0.25, 0.3) is 0 Å². The second kappa shape index (κ2) is 9.25. The van der Waals surface area contributed by atoms with Crippen LogP contribution in [0.3, 0.4) is 0 Å². The number of nitrogens with zero attached hydrogens (tertiary/aromatic N) is 3. The number of imidazole rings is 1. The van der Waals surface area contributed by atoms with Crippen LogP contribution in [0.5, 0.6) is 5.75 Å². The number of piperidine rings is 1. The minimum absolute atomic E-state index is 0.0453. The minimum Gasteiger partial charge on any atom is -0.497 e. The molecule has 1 aromatic carbocycles. The fraction of sp³-hybridized carbons (Fsp3) is 0.450. The fourth-order valence-corrected chi connectivity index (χ4v) is 3.25. The molecule has 3 amide bonds. The summed E-state index contributed by atoms with van der Waals surface area (Å²) in [7, 11) is 3.52. The van der Waals surface area contributed by atoms with E-state index in [2.05, 4.69) is 15.6 Å². The van der Waals surface area contributed by atoms with Crippen LogP contribution in [0.25, 0.3) is 0 Å². The molecule has 28 heavy (non-hydrogen) atoms. The summed E-state index contributed by atoms with van der Waals surface area (Å²) in [6, 6.07) is 7.52. The number of hydrogen-bond acceptors (Lipinski definition) is 4. The molecular weight excluding hydrogens is 358 g/mol. The topological polar surface area (TPSA) is 88.5 Å². The smallest absolute Gasteiger partial charge is 0.317 e. The third kappa shape index (κ3) is 5.03. The number of aryl methyl sites for hydroxylation is 1. The maximum atomic E-state index is 12.4. The molecule has 2 aromatic rings. The Bertz CT molecular complexity index is 794. The van der Waals surface area contributed by atoms with Gasteiger partial charge in [-0.1, -0.05) is 12.1 Å². The number of benzene rings is 1. The minimum atomic E-state index is -0.111. The van der Waals surface area contributed by atoms with Gasteiger partial charge in [-0.05, 0) is 30.5 Å². The van der Waals surface area contributed by atoms with Crippen LogP contribution < -0.4 is 15.4 Å². The van der Waals surface area contributed by atoms with Crippen LogP contribution in [0.4, 0.5) is 4.79 Å². The summed E-state index contributed by atoms with van der Waals surface area (Å²) in [5.41, 5.74) is 1.03. The van der Waals surface area contributed by atoms with Crippen LogP contribution in [0.1, 0.15) is 24.2 Å². The number of rotatable bonds is 6. The highest BCUT2D eigenvalue weighted by Gasteiger charge is 2.27. The van der Waals surface area contributed by atoms with E-state index in [-0.39, 0.29) is 17.9 Å². The van der Waals surface area contributed by atoms with E-state index in [4.69, 9.17) is 4.74 Å². The highest BCUT2D eigenvalue weighted by atomic mass is 16.5. The van der Waals surface area contributed by atoms with Crippen molar-refractivity contribution in [1.29, 1.82) is 0 Å². The van der Waals surface area contributed by atoms with Gasteiger partial charge in [0.2, 0.25) is 5.91 Å². The summed E-state index contributed by atoms with van der Waals surface area (Å²) in [5.74, 6) is 1.59. The van der Waals surface area contributed by atoms with Gasteiger partial charge in [-0.3, -0.25) is 4.79 Å². The lowest BCUT2D eigenvalue weighted by atomic mass is 9.96. The molecule has 0 saturated carbocycles. The lowest BCUT2D eigenvalue weighted by Gasteiger charge is -2.31. The highest BCUT2D eigenvalue weighted by molar-refractivity contribution is 5.79. The molecule has 0 radical (unpaired) electrons. The average Bonchev–Trinajstić information content (AvgIpc) is 3.15. The normalized spacial score (nSPS) is 14.6. The van der Waals surface area contributed by atoms with Gasteiger partial charge in [-0.25, -0.2) is 9.78 Å². The Balaban J connectivity index is 1.39. The van der Waals surface area contributed by atoms with Gasteiger partial charge in [-0.15, -0.1) is 0 Å². The molecule has 1 aliphatic rings. The van der Waals surface area contributed by atoms with E-state index in [1.807, 2.05) is 42.1 Å². The largest absolute Gasteiger partial charge is 0.497 e. The van der Waals surface area contributed by atoms with Gasteiger partial charge < -0.3 is 24.8 Å². The maximum Gasteiger partial charge on any atom is 0.317 e. The SMILES string of the molecule is COc1ccc(CNC(=O)C2CCN(C(=O)NCc3nccn3C)CC2)cc1. The first-order chi connectivity index (χ1) is 13.6. The monoisotopic (exact) mass is 385 g/mol. The van der Waals surface area contributed by atoms with E-state index in [0.29, 0.717) is 39.0 Å². The molecule has 1 aliphatic heterocycles. The lowest BCUT2D eigenvalue weighted by Crippen LogP contribution is -2.46. The van der Waals surface area contributed by atoms with E-state index < -0.39 is 0 Å². The number of hydrogen-bond donors (Lipinski definition) is 2. The third-order valence-electron chi connectivity index (χ3n) is 5.10. The van der Waals surface area contributed by atoms with Gasteiger partial charge in [0.15, 0.2) is 0 Å².